The van der Waals surface area contributed by atoms with Crippen LogP contribution in [0.25, 0.3) is 0 Å². The van der Waals surface area contributed by atoms with Crippen molar-refractivity contribution in [1.82, 2.24) is 15.1 Å². The van der Waals surface area contributed by atoms with E-state index in [1.54, 1.807) is 4.90 Å². The van der Waals surface area contributed by atoms with Crippen LogP contribution in [0.2, 0.25) is 0 Å². The van der Waals surface area contributed by atoms with Gasteiger partial charge in [-0.2, -0.15) is 0 Å². The minimum Gasteiger partial charge on any atom is -0.426 e. The SMILES string of the molecule is O=C(CN[C@@H]1CCN(Cc2ccccc2)C1)N1CCC[C@H]1B(O)O. The maximum absolute atomic E-state index is 12.3. The highest BCUT2D eigenvalue weighted by molar-refractivity contribution is 6.43. The van der Waals surface area contributed by atoms with Gasteiger partial charge in [0.1, 0.15) is 0 Å². The molecule has 0 radical (unpaired) electrons. The lowest BCUT2D eigenvalue weighted by Crippen LogP contribution is -2.49. The van der Waals surface area contributed by atoms with Crippen molar-refractivity contribution < 1.29 is 14.8 Å². The molecule has 0 unspecified atom stereocenters. The van der Waals surface area contributed by atoms with Crippen molar-refractivity contribution in [3.8, 4) is 0 Å². The van der Waals surface area contributed by atoms with E-state index in [-0.39, 0.29) is 12.5 Å². The number of amides is 1. The number of benzene rings is 1. The number of hydrogen-bond donors (Lipinski definition) is 3. The van der Waals surface area contributed by atoms with E-state index in [4.69, 9.17) is 0 Å². The van der Waals surface area contributed by atoms with Crippen LogP contribution in [0.5, 0.6) is 0 Å². The van der Waals surface area contributed by atoms with E-state index in [0.29, 0.717) is 19.0 Å². The Balaban J connectivity index is 1.42. The first-order chi connectivity index (χ1) is 11.6. The van der Waals surface area contributed by atoms with Crippen molar-refractivity contribution in [2.45, 2.75) is 37.8 Å². The highest BCUT2D eigenvalue weighted by Crippen LogP contribution is 2.18. The Morgan fingerprint density at radius 2 is 2.00 bits per heavy atom. The molecule has 1 aromatic rings. The lowest BCUT2D eigenvalue weighted by atomic mass is 9.78. The summed E-state index contributed by atoms with van der Waals surface area (Å²) in [6.45, 7) is 3.80. The summed E-state index contributed by atoms with van der Waals surface area (Å²) in [6, 6.07) is 10.7. The van der Waals surface area contributed by atoms with Crippen molar-refractivity contribution >= 4 is 13.0 Å². The molecule has 0 saturated carbocycles. The largest absolute Gasteiger partial charge is 0.475 e. The van der Waals surface area contributed by atoms with E-state index in [9.17, 15) is 14.8 Å². The molecule has 2 aliphatic heterocycles. The van der Waals surface area contributed by atoms with Gasteiger partial charge in [0.05, 0.1) is 12.5 Å². The third-order valence-electron chi connectivity index (χ3n) is 5.03. The Kier molecular flexibility index (Phi) is 5.89. The summed E-state index contributed by atoms with van der Waals surface area (Å²) in [5.41, 5.74) is 1.31. The Labute approximate surface area is 143 Å². The average Bonchev–Trinajstić information content (AvgIpc) is 3.23. The van der Waals surface area contributed by atoms with E-state index in [1.807, 2.05) is 6.07 Å². The van der Waals surface area contributed by atoms with E-state index >= 15 is 0 Å². The minimum atomic E-state index is -1.44. The molecule has 0 aromatic heterocycles. The van der Waals surface area contributed by atoms with Gasteiger partial charge in [-0.3, -0.25) is 9.69 Å². The van der Waals surface area contributed by atoms with E-state index in [1.165, 1.54) is 5.56 Å². The lowest BCUT2D eigenvalue weighted by Gasteiger charge is -2.25. The van der Waals surface area contributed by atoms with Gasteiger partial charge >= 0.3 is 7.12 Å². The number of carbonyl (C=O) groups excluding carboxylic acids is 1. The zero-order valence-electron chi connectivity index (χ0n) is 14.0. The molecule has 2 atom stereocenters. The van der Waals surface area contributed by atoms with Crippen LogP contribution in [0, 0.1) is 0 Å². The molecular formula is C17H26BN3O3. The third-order valence-corrected chi connectivity index (χ3v) is 5.03. The second-order valence-electron chi connectivity index (χ2n) is 6.80. The van der Waals surface area contributed by atoms with E-state index < -0.39 is 13.1 Å². The Morgan fingerprint density at radius 1 is 1.21 bits per heavy atom. The monoisotopic (exact) mass is 331 g/mol. The van der Waals surface area contributed by atoms with Crippen molar-refractivity contribution in [3.05, 3.63) is 35.9 Å². The summed E-state index contributed by atoms with van der Waals surface area (Å²) >= 11 is 0. The molecule has 3 N–H and O–H groups in total. The molecule has 1 amide bonds. The summed E-state index contributed by atoms with van der Waals surface area (Å²) in [7, 11) is -1.44. The van der Waals surface area contributed by atoms with Crippen LogP contribution in [0.3, 0.4) is 0 Å². The Morgan fingerprint density at radius 3 is 2.75 bits per heavy atom. The molecule has 0 bridgehead atoms. The van der Waals surface area contributed by atoms with Crippen LogP contribution in [-0.2, 0) is 11.3 Å². The van der Waals surface area contributed by atoms with E-state index in [2.05, 4.69) is 34.5 Å². The summed E-state index contributed by atoms with van der Waals surface area (Å²) in [5.74, 6) is -0.482. The molecule has 0 aliphatic carbocycles. The quantitative estimate of drug-likeness (QED) is 0.633. The maximum Gasteiger partial charge on any atom is 0.475 e. The van der Waals surface area contributed by atoms with Gasteiger partial charge in [0.2, 0.25) is 5.91 Å². The number of hydrogen-bond acceptors (Lipinski definition) is 5. The molecule has 1 aromatic carbocycles. The normalized spacial score (nSPS) is 24.5. The second-order valence-corrected chi connectivity index (χ2v) is 6.80. The summed E-state index contributed by atoms with van der Waals surface area (Å²) in [6.07, 6.45) is 2.53. The first-order valence-corrected chi connectivity index (χ1v) is 8.79. The van der Waals surface area contributed by atoms with Gasteiger partial charge in [0.15, 0.2) is 0 Å². The molecule has 0 spiro atoms. The van der Waals surface area contributed by atoms with Crippen molar-refractivity contribution in [3.63, 3.8) is 0 Å². The standard InChI is InChI=1S/C17H26BN3O3/c22-17(21-9-4-7-16(21)18(23)24)11-19-15-8-10-20(13-15)12-14-5-2-1-3-6-14/h1-3,5-6,15-16,19,23-24H,4,7-13H2/t15-,16+/m1/s1. The topological polar surface area (TPSA) is 76.0 Å². The minimum absolute atomic E-state index is 0.0351. The van der Waals surface area contributed by atoms with Gasteiger partial charge in [-0.15, -0.1) is 0 Å². The fraction of sp³-hybridized carbons (Fsp3) is 0.588. The first kappa shape index (κ1) is 17.4. The Bertz CT molecular complexity index is 543. The number of nitrogens with zero attached hydrogens (tertiary/aromatic N) is 2. The van der Waals surface area contributed by atoms with Crippen LogP contribution in [-0.4, -0.2) is 71.0 Å². The molecule has 130 valence electrons. The summed E-state index contributed by atoms with van der Waals surface area (Å²) < 4.78 is 0. The van der Waals surface area contributed by atoms with Crippen LogP contribution in [0.4, 0.5) is 0 Å². The highest BCUT2D eigenvalue weighted by Gasteiger charge is 2.36. The van der Waals surface area contributed by atoms with Crippen molar-refractivity contribution in [2.24, 2.45) is 0 Å². The van der Waals surface area contributed by atoms with Crippen LogP contribution in [0.15, 0.2) is 30.3 Å². The van der Waals surface area contributed by atoms with Crippen LogP contribution >= 0.6 is 0 Å². The van der Waals surface area contributed by atoms with Crippen LogP contribution in [0.1, 0.15) is 24.8 Å². The highest BCUT2D eigenvalue weighted by atomic mass is 16.4. The third kappa shape index (κ3) is 4.36. The van der Waals surface area contributed by atoms with Gasteiger partial charge in [0.25, 0.3) is 0 Å². The molecular weight excluding hydrogens is 305 g/mol. The molecule has 2 saturated heterocycles. The number of rotatable bonds is 6. The molecule has 6 nitrogen and oxygen atoms in total. The molecule has 7 heteroatoms. The van der Waals surface area contributed by atoms with Gasteiger partial charge in [0, 0.05) is 32.2 Å². The van der Waals surface area contributed by atoms with Gasteiger partial charge < -0.3 is 20.3 Å². The molecule has 2 heterocycles. The Hall–Kier alpha value is -1.41. The second kappa shape index (κ2) is 8.12. The first-order valence-electron chi connectivity index (χ1n) is 8.79. The summed E-state index contributed by atoms with van der Waals surface area (Å²) in [4.78, 5) is 16.3. The number of carbonyl (C=O) groups is 1. The zero-order valence-corrected chi connectivity index (χ0v) is 14.0. The molecule has 24 heavy (non-hydrogen) atoms. The maximum atomic E-state index is 12.3. The van der Waals surface area contributed by atoms with E-state index in [0.717, 1.165) is 32.5 Å². The molecule has 2 aliphatic rings. The van der Waals surface area contributed by atoms with Gasteiger partial charge in [-0.25, -0.2) is 0 Å². The predicted octanol–water partition coefficient (Wildman–Crippen LogP) is -0.147. The number of nitrogens with one attached hydrogen (secondary N) is 1. The predicted molar refractivity (Wildman–Crippen MR) is 93.1 cm³/mol. The summed E-state index contributed by atoms with van der Waals surface area (Å²) in [5, 5.41) is 22.1. The smallest absolute Gasteiger partial charge is 0.426 e. The van der Waals surface area contributed by atoms with Crippen molar-refractivity contribution in [2.75, 3.05) is 26.2 Å². The number of likely N-dealkylation sites (tertiary alicyclic amines) is 2. The average molecular weight is 331 g/mol. The van der Waals surface area contributed by atoms with Gasteiger partial charge in [-0.1, -0.05) is 30.3 Å². The fourth-order valence-corrected chi connectivity index (χ4v) is 3.73. The van der Waals surface area contributed by atoms with Crippen molar-refractivity contribution in [1.29, 1.82) is 0 Å². The van der Waals surface area contributed by atoms with Crippen LogP contribution < -0.4 is 5.32 Å². The molecule has 3 rings (SSSR count). The van der Waals surface area contributed by atoms with Gasteiger partial charge in [-0.05, 0) is 24.8 Å². The fourth-order valence-electron chi connectivity index (χ4n) is 3.73. The molecule has 2 fully saturated rings. The zero-order chi connectivity index (χ0) is 16.9. The lowest BCUT2D eigenvalue weighted by molar-refractivity contribution is -0.130.